The number of non-ortho nitro benzene ring substituents is 1. The summed E-state index contributed by atoms with van der Waals surface area (Å²) in [5, 5.41) is 18.6. The van der Waals surface area contributed by atoms with Crippen molar-refractivity contribution in [2.75, 3.05) is 14.2 Å². The van der Waals surface area contributed by atoms with Crippen molar-refractivity contribution in [3.63, 3.8) is 0 Å². The first-order valence-electron chi connectivity index (χ1n) is 9.19. The molecule has 0 spiro atoms. The number of fused-ring (bicyclic) bond motifs is 1. The molecule has 0 amide bonds. The van der Waals surface area contributed by atoms with Crippen molar-refractivity contribution in [1.29, 1.82) is 0 Å². The van der Waals surface area contributed by atoms with Gasteiger partial charge in [-0.05, 0) is 29.3 Å². The molecule has 0 saturated heterocycles. The first-order chi connectivity index (χ1) is 15.0. The Hall–Kier alpha value is -4.34. The molecular formula is C21H18N4O6. The summed E-state index contributed by atoms with van der Waals surface area (Å²) < 4.78 is 16.6. The van der Waals surface area contributed by atoms with Crippen molar-refractivity contribution < 1.29 is 19.1 Å². The molecule has 31 heavy (non-hydrogen) atoms. The Labute approximate surface area is 175 Å². The monoisotopic (exact) mass is 422 g/mol. The molecule has 158 valence electrons. The molecule has 4 rings (SSSR count). The molecule has 2 N–H and O–H groups in total. The minimum absolute atomic E-state index is 0.0392. The SMILES string of the molecule is COc1ccc([N+](=O)[O-])cc1COc1ccc(-c2cc(=O)[nH]c3n[nH]cc23)cc1OC. The number of nitro groups is 1. The average molecular weight is 422 g/mol. The molecule has 0 aliphatic rings. The maximum atomic E-state index is 12.0. The molecular weight excluding hydrogens is 404 g/mol. The van der Waals surface area contributed by atoms with Crippen LogP contribution in [0.5, 0.6) is 17.2 Å². The number of nitrogens with zero attached hydrogens (tertiary/aromatic N) is 2. The lowest BCUT2D eigenvalue weighted by Gasteiger charge is -2.14. The highest BCUT2D eigenvalue weighted by Gasteiger charge is 2.15. The van der Waals surface area contributed by atoms with Crippen molar-refractivity contribution in [2.24, 2.45) is 0 Å². The summed E-state index contributed by atoms with van der Waals surface area (Å²) in [4.78, 5) is 25.2. The lowest BCUT2D eigenvalue weighted by Crippen LogP contribution is -2.04. The van der Waals surface area contributed by atoms with Gasteiger partial charge in [-0.1, -0.05) is 6.07 Å². The molecule has 2 heterocycles. The van der Waals surface area contributed by atoms with Gasteiger partial charge in [0.15, 0.2) is 17.1 Å². The Morgan fingerprint density at radius 1 is 1.03 bits per heavy atom. The number of rotatable bonds is 7. The van der Waals surface area contributed by atoms with Crippen molar-refractivity contribution >= 4 is 16.7 Å². The highest BCUT2D eigenvalue weighted by Crippen LogP contribution is 2.35. The average Bonchev–Trinajstić information content (AvgIpc) is 3.25. The Morgan fingerprint density at radius 2 is 1.81 bits per heavy atom. The third-order valence-corrected chi connectivity index (χ3v) is 4.78. The number of nitro benzene ring substituents is 1. The highest BCUT2D eigenvalue weighted by molar-refractivity contribution is 5.92. The quantitative estimate of drug-likeness (QED) is 0.344. The summed E-state index contributed by atoms with van der Waals surface area (Å²) in [6, 6.07) is 11.1. The molecule has 0 bridgehead atoms. The number of pyridine rings is 1. The topological polar surface area (TPSA) is 132 Å². The fourth-order valence-corrected chi connectivity index (χ4v) is 3.29. The molecule has 0 fully saturated rings. The molecule has 0 unspecified atom stereocenters. The summed E-state index contributed by atoms with van der Waals surface area (Å²) in [7, 11) is 2.99. The zero-order valence-corrected chi connectivity index (χ0v) is 16.7. The van der Waals surface area contributed by atoms with Crippen LogP contribution >= 0.6 is 0 Å². The van der Waals surface area contributed by atoms with E-state index in [1.165, 1.54) is 38.5 Å². The maximum absolute atomic E-state index is 12.0. The van der Waals surface area contributed by atoms with Gasteiger partial charge in [0.05, 0.1) is 19.1 Å². The van der Waals surface area contributed by atoms with Gasteiger partial charge in [-0.3, -0.25) is 20.0 Å². The number of ether oxygens (including phenoxy) is 3. The third kappa shape index (κ3) is 3.90. The van der Waals surface area contributed by atoms with Crippen LogP contribution in [-0.2, 0) is 6.61 Å². The van der Waals surface area contributed by atoms with Crippen LogP contribution in [0.15, 0.2) is 53.5 Å². The number of aromatic amines is 2. The fraction of sp³-hybridized carbons (Fsp3) is 0.143. The van der Waals surface area contributed by atoms with Gasteiger partial charge in [0, 0.05) is 35.3 Å². The van der Waals surface area contributed by atoms with Crippen LogP contribution in [0, 0.1) is 10.1 Å². The van der Waals surface area contributed by atoms with E-state index in [2.05, 4.69) is 15.2 Å². The van der Waals surface area contributed by atoms with Crippen LogP contribution < -0.4 is 19.8 Å². The molecule has 10 heteroatoms. The second kappa shape index (κ2) is 8.19. The number of benzene rings is 2. The lowest BCUT2D eigenvalue weighted by molar-refractivity contribution is -0.385. The third-order valence-electron chi connectivity index (χ3n) is 4.78. The van der Waals surface area contributed by atoms with Crippen molar-refractivity contribution in [2.45, 2.75) is 6.61 Å². The number of hydrogen-bond donors (Lipinski definition) is 2. The van der Waals surface area contributed by atoms with E-state index < -0.39 is 4.92 Å². The number of nitrogens with one attached hydrogen (secondary N) is 2. The maximum Gasteiger partial charge on any atom is 0.270 e. The molecule has 0 radical (unpaired) electrons. The van der Waals surface area contributed by atoms with Crippen LogP contribution in [0.3, 0.4) is 0 Å². The summed E-state index contributed by atoms with van der Waals surface area (Å²) in [5.41, 5.74) is 2.09. The largest absolute Gasteiger partial charge is 0.496 e. The van der Waals surface area contributed by atoms with Gasteiger partial charge >= 0.3 is 0 Å². The molecule has 0 atom stereocenters. The van der Waals surface area contributed by atoms with Gasteiger partial charge in [-0.2, -0.15) is 5.10 Å². The van der Waals surface area contributed by atoms with E-state index >= 15 is 0 Å². The van der Waals surface area contributed by atoms with Crippen LogP contribution in [0.25, 0.3) is 22.2 Å². The Bertz CT molecular complexity index is 1330. The molecule has 0 aliphatic carbocycles. The predicted octanol–water partition coefficient (Wildman–Crippen LogP) is 3.42. The highest BCUT2D eigenvalue weighted by atomic mass is 16.6. The summed E-state index contributed by atoms with van der Waals surface area (Å²) in [5.74, 6) is 1.36. The summed E-state index contributed by atoms with van der Waals surface area (Å²) >= 11 is 0. The molecule has 10 nitrogen and oxygen atoms in total. The van der Waals surface area contributed by atoms with Crippen LogP contribution in [0.4, 0.5) is 5.69 Å². The molecule has 0 saturated carbocycles. The van der Waals surface area contributed by atoms with Crippen molar-refractivity contribution in [3.8, 4) is 28.4 Å². The van der Waals surface area contributed by atoms with Gasteiger partial charge in [-0.15, -0.1) is 0 Å². The van der Waals surface area contributed by atoms with E-state index in [0.29, 0.717) is 34.0 Å². The smallest absolute Gasteiger partial charge is 0.270 e. The minimum Gasteiger partial charge on any atom is -0.496 e. The van der Waals surface area contributed by atoms with Gasteiger partial charge in [0.2, 0.25) is 5.56 Å². The number of hydrogen-bond acceptors (Lipinski definition) is 7. The van der Waals surface area contributed by atoms with Crippen LogP contribution in [0.1, 0.15) is 5.56 Å². The van der Waals surface area contributed by atoms with E-state index in [9.17, 15) is 14.9 Å². The van der Waals surface area contributed by atoms with Crippen molar-refractivity contribution in [1.82, 2.24) is 15.2 Å². The Kier molecular flexibility index (Phi) is 5.27. The Morgan fingerprint density at radius 3 is 2.55 bits per heavy atom. The zero-order chi connectivity index (χ0) is 22.0. The molecule has 2 aromatic carbocycles. The second-order valence-corrected chi connectivity index (χ2v) is 6.60. The van der Waals surface area contributed by atoms with E-state index in [4.69, 9.17) is 14.2 Å². The standard InChI is InChI=1S/C21H18N4O6/c1-29-17-6-4-14(25(27)28)7-13(17)11-31-18-5-3-12(8-19(18)30-2)15-9-20(26)23-21-16(15)10-22-24-21/h3-10H,11H2,1-2H3,(H2,22,23,24,26). The second-order valence-electron chi connectivity index (χ2n) is 6.60. The summed E-state index contributed by atoms with van der Waals surface area (Å²) in [6.45, 7) is 0.0392. The lowest BCUT2D eigenvalue weighted by atomic mass is 10.0. The fourth-order valence-electron chi connectivity index (χ4n) is 3.29. The molecule has 4 aromatic rings. The van der Waals surface area contributed by atoms with E-state index in [0.717, 1.165) is 10.9 Å². The van der Waals surface area contributed by atoms with E-state index in [1.807, 2.05) is 0 Å². The Balaban J connectivity index is 1.65. The van der Waals surface area contributed by atoms with E-state index in [-0.39, 0.29) is 17.9 Å². The van der Waals surface area contributed by atoms with Crippen LogP contribution in [-0.4, -0.2) is 34.3 Å². The van der Waals surface area contributed by atoms with Gasteiger partial charge in [0.1, 0.15) is 12.4 Å². The molecule has 2 aromatic heterocycles. The zero-order valence-electron chi connectivity index (χ0n) is 16.7. The predicted molar refractivity (Wildman–Crippen MR) is 113 cm³/mol. The molecule has 0 aliphatic heterocycles. The number of aromatic nitrogens is 3. The van der Waals surface area contributed by atoms with Gasteiger partial charge < -0.3 is 19.2 Å². The van der Waals surface area contributed by atoms with E-state index in [1.54, 1.807) is 24.4 Å². The summed E-state index contributed by atoms with van der Waals surface area (Å²) in [6.07, 6.45) is 1.70. The van der Waals surface area contributed by atoms with Crippen LogP contribution in [0.2, 0.25) is 0 Å². The van der Waals surface area contributed by atoms with Gasteiger partial charge in [-0.25, -0.2) is 0 Å². The van der Waals surface area contributed by atoms with Gasteiger partial charge in [0.25, 0.3) is 5.69 Å². The first-order valence-corrected chi connectivity index (χ1v) is 9.19. The minimum atomic E-state index is -0.476. The number of methoxy groups -OCH3 is 2. The first kappa shape index (κ1) is 20.0. The van der Waals surface area contributed by atoms with Crippen molar-refractivity contribution in [3.05, 3.63) is 74.7 Å². The number of H-pyrrole nitrogens is 2. The normalized spacial score (nSPS) is 10.8.